The SMILES string of the molecule is COC(Cn1c(C2CCCCC2)ncc(NC(=O)OCc2ccccc2)c1=O)OC. The molecule has 1 aliphatic rings. The van der Waals surface area contributed by atoms with E-state index in [-0.39, 0.29) is 30.3 Å². The van der Waals surface area contributed by atoms with E-state index in [1.807, 2.05) is 30.3 Å². The average Bonchev–Trinajstić information content (AvgIpc) is 2.79. The van der Waals surface area contributed by atoms with Gasteiger partial charge in [0.1, 0.15) is 18.1 Å². The van der Waals surface area contributed by atoms with Crippen molar-refractivity contribution < 1.29 is 19.0 Å². The second kappa shape index (κ2) is 10.9. The van der Waals surface area contributed by atoms with Gasteiger partial charge in [-0.05, 0) is 18.4 Å². The summed E-state index contributed by atoms with van der Waals surface area (Å²) in [6.45, 7) is 0.309. The standard InChI is InChI=1S/C22H29N3O5/c1-28-19(29-2)14-25-20(17-11-7-4-8-12-17)23-13-18(21(25)26)24-22(27)30-15-16-9-5-3-6-10-16/h3,5-6,9-10,13,17,19H,4,7-8,11-12,14-15H2,1-2H3,(H,24,27). The molecule has 1 aromatic heterocycles. The van der Waals surface area contributed by atoms with Crippen molar-refractivity contribution in [3.8, 4) is 0 Å². The summed E-state index contributed by atoms with van der Waals surface area (Å²) in [5.74, 6) is 0.918. The lowest BCUT2D eigenvalue weighted by molar-refractivity contribution is -0.111. The summed E-state index contributed by atoms with van der Waals surface area (Å²) in [6, 6.07) is 9.34. The van der Waals surface area contributed by atoms with Crippen LogP contribution in [0.5, 0.6) is 0 Å². The van der Waals surface area contributed by atoms with E-state index in [2.05, 4.69) is 10.3 Å². The van der Waals surface area contributed by atoms with Crippen molar-refractivity contribution in [3.05, 3.63) is 58.3 Å². The van der Waals surface area contributed by atoms with E-state index >= 15 is 0 Å². The molecule has 1 amide bonds. The fraction of sp³-hybridized carbons (Fsp3) is 0.500. The third-order valence-electron chi connectivity index (χ3n) is 5.36. The molecule has 8 nitrogen and oxygen atoms in total. The van der Waals surface area contributed by atoms with Crippen LogP contribution in [0.4, 0.5) is 10.5 Å². The molecule has 162 valence electrons. The molecule has 1 aromatic carbocycles. The Balaban J connectivity index is 1.78. The summed E-state index contributed by atoms with van der Waals surface area (Å²) >= 11 is 0. The molecule has 0 spiro atoms. The van der Waals surface area contributed by atoms with Gasteiger partial charge in [-0.25, -0.2) is 9.78 Å². The normalized spacial score (nSPS) is 14.6. The van der Waals surface area contributed by atoms with Gasteiger partial charge in [0.05, 0.1) is 12.7 Å². The van der Waals surface area contributed by atoms with Crippen molar-refractivity contribution in [2.75, 3.05) is 19.5 Å². The van der Waals surface area contributed by atoms with Gasteiger partial charge >= 0.3 is 6.09 Å². The molecular weight excluding hydrogens is 386 g/mol. The predicted molar refractivity (Wildman–Crippen MR) is 112 cm³/mol. The van der Waals surface area contributed by atoms with Crippen molar-refractivity contribution in [1.29, 1.82) is 0 Å². The molecule has 1 N–H and O–H groups in total. The monoisotopic (exact) mass is 415 g/mol. The minimum absolute atomic E-state index is 0.0681. The van der Waals surface area contributed by atoms with Crippen molar-refractivity contribution >= 4 is 11.8 Å². The van der Waals surface area contributed by atoms with Gasteiger partial charge in [0.25, 0.3) is 5.56 Å². The van der Waals surface area contributed by atoms with E-state index in [1.54, 1.807) is 4.57 Å². The molecule has 2 aromatic rings. The largest absolute Gasteiger partial charge is 0.444 e. The molecule has 1 fully saturated rings. The third-order valence-corrected chi connectivity index (χ3v) is 5.36. The number of nitrogens with zero attached hydrogens (tertiary/aromatic N) is 2. The number of hydrogen-bond donors (Lipinski definition) is 1. The van der Waals surface area contributed by atoms with Crippen LogP contribution in [0, 0.1) is 0 Å². The number of anilines is 1. The number of hydrogen-bond acceptors (Lipinski definition) is 6. The second-order valence-electron chi connectivity index (χ2n) is 7.37. The van der Waals surface area contributed by atoms with Gasteiger partial charge in [0.15, 0.2) is 6.29 Å². The molecule has 0 aliphatic heterocycles. The van der Waals surface area contributed by atoms with Crippen LogP contribution >= 0.6 is 0 Å². The van der Waals surface area contributed by atoms with Crippen molar-refractivity contribution in [2.45, 2.75) is 57.5 Å². The Morgan fingerprint density at radius 3 is 2.53 bits per heavy atom. The van der Waals surface area contributed by atoms with Gasteiger partial charge in [-0.2, -0.15) is 0 Å². The van der Waals surface area contributed by atoms with Gasteiger partial charge < -0.3 is 14.2 Å². The Morgan fingerprint density at radius 2 is 1.87 bits per heavy atom. The number of methoxy groups -OCH3 is 2. The van der Waals surface area contributed by atoms with Crippen LogP contribution in [-0.2, 0) is 27.4 Å². The smallest absolute Gasteiger partial charge is 0.412 e. The zero-order chi connectivity index (χ0) is 21.3. The Morgan fingerprint density at radius 1 is 1.17 bits per heavy atom. The zero-order valence-corrected chi connectivity index (χ0v) is 17.5. The van der Waals surface area contributed by atoms with Crippen LogP contribution in [0.2, 0.25) is 0 Å². The fourth-order valence-electron chi connectivity index (χ4n) is 3.72. The molecule has 1 saturated carbocycles. The molecular formula is C22H29N3O5. The first kappa shape index (κ1) is 22.0. The summed E-state index contributed by atoms with van der Waals surface area (Å²) in [6.07, 6.45) is 5.53. The molecule has 30 heavy (non-hydrogen) atoms. The lowest BCUT2D eigenvalue weighted by Crippen LogP contribution is -2.35. The molecule has 0 bridgehead atoms. The summed E-state index contributed by atoms with van der Waals surface area (Å²) in [5.41, 5.74) is 0.582. The Kier molecular flexibility index (Phi) is 7.98. The molecule has 8 heteroatoms. The molecule has 0 atom stereocenters. The zero-order valence-electron chi connectivity index (χ0n) is 17.5. The first-order valence-corrected chi connectivity index (χ1v) is 10.3. The highest BCUT2D eigenvalue weighted by atomic mass is 16.7. The number of carbonyl (C=O) groups excluding carboxylic acids is 1. The minimum atomic E-state index is -0.704. The van der Waals surface area contributed by atoms with E-state index in [0.29, 0.717) is 5.82 Å². The Bertz CT molecular complexity index is 874. The predicted octanol–water partition coefficient (Wildman–Crippen LogP) is 3.66. The molecule has 0 radical (unpaired) electrons. The number of aromatic nitrogens is 2. The van der Waals surface area contributed by atoms with Gasteiger partial charge in [-0.3, -0.25) is 14.7 Å². The van der Waals surface area contributed by atoms with Gasteiger partial charge in [0, 0.05) is 20.1 Å². The van der Waals surface area contributed by atoms with Crippen molar-refractivity contribution in [1.82, 2.24) is 9.55 Å². The molecule has 0 unspecified atom stereocenters. The van der Waals surface area contributed by atoms with E-state index in [4.69, 9.17) is 14.2 Å². The molecule has 1 heterocycles. The van der Waals surface area contributed by atoms with Crippen LogP contribution in [0.25, 0.3) is 0 Å². The molecule has 3 rings (SSSR count). The second-order valence-corrected chi connectivity index (χ2v) is 7.37. The van der Waals surface area contributed by atoms with Crippen LogP contribution in [0.1, 0.15) is 49.4 Å². The van der Waals surface area contributed by atoms with E-state index < -0.39 is 12.4 Å². The maximum Gasteiger partial charge on any atom is 0.412 e. The average molecular weight is 415 g/mol. The van der Waals surface area contributed by atoms with Crippen LogP contribution in [-0.4, -0.2) is 36.2 Å². The summed E-state index contributed by atoms with van der Waals surface area (Å²) in [7, 11) is 3.05. The van der Waals surface area contributed by atoms with E-state index in [9.17, 15) is 9.59 Å². The highest BCUT2D eigenvalue weighted by Crippen LogP contribution is 2.31. The van der Waals surface area contributed by atoms with Gasteiger partial charge in [0.2, 0.25) is 0 Å². The van der Waals surface area contributed by atoms with E-state index in [1.165, 1.54) is 26.8 Å². The highest BCUT2D eigenvalue weighted by Gasteiger charge is 2.24. The molecule has 0 saturated heterocycles. The quantitative estimate of drug-likeness (QED) is 0.662. The number of benzene rings is 1. The van der Waals surface area contributed by atoms with Crippen LogP contribution < -0.4 is 10.9 Å². The minimum Gasteiger partial charge on any atom is -0.444 e. The first-order chi connectivity index (χ1) is 14.6. The Labute approximate surface area is 176 Å². The Hall–Kier alpha value is -2.71. The first-order valence-electron chi connectivity index (χ1n) is 10.3. The number of nitrogens with one attached hydrogen (secondary N) is 1. The number of ether oxygens (including phenoxy) is 3. The number of rotatable bonds is 8. The van der Waals surface area contributed by atoms with Gasteiger partial charge in [-0.15, -0.1) is 0 Å². The number of amides is 1. The van der Waals surface area contributed by atoms with Crippen molar-refractivity contribution in [2.24, 2.45) is 0 Å². The summed E-state index contributed by atoms with van der Waals surface area (Å²) < 4.78 is 17.4. The maximum absolute atomic E-state index is 13.2. The highest BCUT2D eigenvalue weighted by molar-refractivity contribution is 5.84. The third kappa shape index (κ3) is 5.67. The number of carbonyl (C=O) groups is 1. The van der Waals surface area contributed by atoms with E-state index in [0.717, 1.165) is 31.2 Å². The summed E-state index contributed by atoms with van der Waals surface area (Å²) in [5, 5.41) is 2.52. The summed E-state index contributed by atoms with van der Waals surface area (Å²) in [4.78, 5) is 29.9. The van der Waals surface area contributed by atoms with Gasteiger partial charge in [-0.1, -0.05) is 49.6 Å². The maximum atomic E-state index is 13.2. The topological polar surface area (TPSA) is 91.7 Å². The molecule has 1 aliphatic carbocycles. The van der Waals surface area contributed by atoms with Crippen LogP contribution in [0.15, 0.2) is 41.3 Å². The fourth-order valence-corrected chi connectivity index (χ4v) is 3.72. The van der Waals surface area contributed by atoms with Crippen LogP contribution in [0.3, 0.4) is 0 Å². The lowest BCUT2D eigenvalue weighted by Gasteiger charge is -2.25. The lowest BCUT2D eigenvalue weighted by atomic mass is 9.88. The van der Waals surface area contributed by atoms with Crippen molar-refractivity contribution in [3.63, 3.8) is 0 Å².